The molecule has 4 rings (SSSR count). The zero-order valence-electron chi connectivity index (χ0n) is 18.0. The quantitative estimate of drug-likeness (QED) is 0.465. The number of nitrogens with zero attached hydrogens (tertiary/aromatic N) is 1. The lowest BCUT2D eigenvalue weighted by molar-refractivity contribution is -0.119. The molecule has 174 valence electrons. The maximum atomic E-state index is 13.8. The molecule has 1 aromatic heterocycles. The topological polar surface area (TPSA) is 72.4 Å². The van der Waals surface area contributed by atoms with Crippen LogP contribution in [0.5, 0.6) is 0 Å². The van der Waals surface area contributed by atoms with Gasteiger partial charge >= 0.3 is 0 Å². The largest absolute Gasteiger partial charge is 0.376 e. The second-order valence-electron chi connectivity index (χ2n) is 7.78. The molecule has 0 bridgehead atoms. The van der Waals surface area contributed by atoms with Gasteiger partial charge in [0.15, 0.2) is 0 Å². The van der Waals surface area contributed by atoms with E-state index in [4.69, 9.17) is 4.74 Å². The monoisotopic (exact) mass is 473 g/mol. The fraction of sp³-hybridized carbons (Fsp3) is 0.333. The van der Waals surface area contributed by atoms with Gasteiger partial charge in [0.05, 0.1) is 11.9 Å². The number of amides is 2. The molecule has 1 fully saturated rings. The summed E-state index contributed by atoms with van der Waals surface area (Å²) in [7, 11) is 0. The van der Waals surface area contributed by atoms with Crippen molar-refractivity contribution in [2.24, 2.45) is 0 Å². The first-order valence-electron chi connectivity index (χ1n) is 10.8. The molecule has 1 saturated heterocycles. The molecule has 3 aromatic rings. The van der Waals surface area contributed by atoms with Crippen molar-refractivity contribution in [1.29, 1.82) is 0 Å². The van der Waals surface area contributed by atoms with Gasteiger partial charge in [-0.05, 0) is 31.0 Å². The highest BCUT2D eigenvalue weighted by molar-refractivity contribution is 8.00. The van der Waals surface area contributed by atoms with Crippen LogP contribution in [0.25, 0.3) is 10.9 Å². The van der Waals surface area contributed by atoms with E-state index in [0.717, 1.165) is 47.4 Å². The van der Waals surface area contributed by atoms with E-state index in [2.05, 4.69) is 10.6 Å². The number of benzene rings is 2. The molecule has 9 heteroatoms. The lowest BCUT2D eigenvalue weighted by atomic mass is 10.2. The number of para-hydroxylation sites is 1. The summed E-state index contributed by atoms with van der Waals surface area (Å²) in [6.07, 6.45) is 4.04. The van der Waals surface area contributed by atoms with Gasteiger partial charge in [0.2, 0.25) is 5.91 Å². The van der Waals surface area contributed by atoms with Crippen molar-refractivity contribution in [3.8, 4) is 0 Å². The van der Waals surface area contributed by atoms with Crippen molar-refractivity contribution >= 4 is 34.5 Å². The van der Waals surface area contributed by atoms with Crippen LogP contribution < -0.4 is 10.6 Å². The van der Waals surface area contributed by atoms with Gasteiger partial charge in [-0.3, -0.25) is 9.59 Å². The van der Waals surface area contributed by atoms with Gasteiger partial charge in [-0.1, -0.05) is 24.3 Å². The van der Waals surface area contributed by atoms with Crippen LogP contribution in [-0.4, -0.2) is 47.9 Å². The fourth-order valence-electron chi connectivity index (χ4n) is 3.83. The van der Waals surface area contributed by atoms with Crippen molar-refractivity contribution in [3.05, 3.63) is 65.9 Å². The minimum Gasteiger partial charge on any atom is -0.376 e. The number of halogens is 2. The Labute approximate surface area is 194 Å². The lowest BCUT2D eigenvalue weighted by Gasteiger charge is -2.10. The lowest BCUT2D eigenvalue weighted by Crippen LogP contribution is -2.32. The van der Waals surface area contributed by atoms with Crippen molar-refractivity contribution in [2.45, 2.75) is 30.4 Å². The number of hydrogen-bond acceptors (Lipinski definition) is 4. The van der Waals surface area contributed by atoms with Crippen molar-refractivity contribution in [3.63, 3.8) is 0 Å². The SMILES string of the molecule is O=C(CSc1cn(CCNC(=O)c2c(F)cccc2F)c2ccccc12)NC[C@H]1CCCO1. The minimum atomic E-state index is -0.893. The molecule has 1 aliphatic heterocycles. The Hall–Kier alpha value is -2.91. The highest BCUT2D eigenvalue weighted by Gasteiger charge is 2.18. The molecular formula is C24H25F2N3O3S. The van der Waals surface area contributed by atoms with Gasteiger partial charge in [-0.2, -0.15) is 0 Å². The summed E-state index contributed by atoms with van der Waals surface area (Å²) in [5.74, 6) is -2.35. The fourth-order valence-corrected chi connectivity index (χ4v) is 4.75. The maximum Gasteiger partial charge on any atom is 0.257 e. The van der Waals surface area contributed by atoms with Crippen LogP contribution in [0.1, 0.15) is 23.2 Å². The molecule has 1 atom stereocenters. The van der Waals surface area contributed by atoms with E-state index < -0.39 is 23.1 Å². The van der Waals surface area contributed by atoms with Crippen LogP contribution in [0.3, 0.4) is 0 Å². The number of ether oxygens (including phenoxy) is 1. The van der Waals surface area contributed by atoms with Crippen LogP contribution in [-0.2, 0) is 16.1 Å². The highest BCUT2D eigenvalue weighted by atomic mass is 32.2. The number of carbonyl (C=O) groups is 2. The third-order valence-corrected chi connectivity index (χ3v) is 6.53. The van der Waals surface area contributed by atoms with Crippen molar-refractivity contribution < 1.29 is 23.1 Å². The van der Waals surface area contributed by atoms with Gasteiger partial charge in [0, 0.05) is 48.2 Å². The number of carbonyl (C=O) groups excluding carboxylic acids is 2. The molecule has 2 heterocycles. The Morgan fingerprint density at radius 1 is 1.09 bits per heavy atom. The Kier molecular flexibility index (Phi) is 7.61. The Bertz CT molecular complexity index is 1120. The van der Waals surface area contributed by atoms with E-state index in [9.17, 15) is 18.4 Å². The predicted octanol–water partition coefficient (Wildman–Crippen LogP) is 3.74. The normalized spacial score (nSPS) is 15.6. The molecular weight excluding hydrogens is 448 g/mol. The first-order chi connectivity index (χ1) is 16.0. The van der Waals surface area contributed by atoms with E-state index >= 15 is 0 Å². The third-order valence-electron chi connectivity index (χ3n) is 5.49. The van der Waals surface area contributed by atoms with Gasteiger partial charge in [0.25, 0.3) is 5.91 Å². The zero-order valence-corrected chi connectivity index (χ0v) is 18.8. The van der Waals surface area contributed by atoms with Gasteiger partial charge in [0.1, 0.15) is 17.2 Å². The first kappa shape index (κ1) is 23.3. The van der Waals surface area contributed by atoms with Gasteiger partial charge in [-0.15, -0.1) is 11.8 Å². The number of hydrogen-bond donors (Lipinski definition) is 2. The molecule has 0 saturated carbocycles. The summed E-state index contributed by atoms with van der Waals surface area (Å²) in [5.41, 5.74) is 0.367. The molecule has 0 aliphatic carbocycles. The third kappa shape index (κ3) is 5.72. The maximum absolute atomic E-state index is 13.8. The van der Waals surface area contributed by atoms with Gasteiger partial charge < -0.3 is 19.9 Å². The average molecular weight is 474 g/mol. The summed E-state index contributed by atoms with van der Waals surface area (Å²) in [6, 6.07) is 11.1. The average Bonchev–Trinajstić information content (AvgIpc) is 3.44. The molecule has 2 aromatic carbocycles. The molecule has 1 aliphatic rings. The summed E-state index contributed by atoms with van der Waals surface area (Å²) in [5, 5.41) is 6.50. The second-order valence-corrected chi connectivity index (χ2v) is 8.80. The summed E-state index contributed by atoms with van der Waals surface area (Å²) in [4.78, 5) is 25.4. The Morgan fingerprint density at radius 3 is 2.64 bits per heavy atom. The van der Waals surface area contributed by atoms with Crippen molar-refractivity contribution in [1.82, 2.24) is 15.2 Å². The molecule has 0 spiro atoms. The van der Waals surface area contributed by atoms with Crippen LogP contribution in [0.2, 0.25) is 0 Å². The van der Waals surface area contributed by atoms with E-state index in [1.807, 2.05) is 35.0 Å². The molecule has 6 nitrogen and oxygen atoms in total. The smallest absolute Gasteiger partial charge is 0.257 e. The molecule has 2 amide bonds. The summed E-state index contributed by atoms with van der Waals surface area (Å²) < 4.78 is 35.1. The van der Waals surface area contributed by atoms with Crippen LogP contribution >= 0.6 is 11.8 Å². The van der Waals surface area contributed by atoms with Crippen LogP contribution in [0, 0.1) is 11.6 Å². The van der Waals surface area contributed by atoms with E-state index in [1.165, 1.54) is 17.8 Å². The standard InChI is InChI=1S/C24H25F2N3O3S/c25-18-7-3-8-19(26)23(18)24(31)27-10-11-29-14-21(17-6-1-2-9-20(17)29)33-15-22(30)28-13-16-5-4-12-32-16/h1-3,6-9,14,16H,4-5,10-13,15H2,(H,27,31)(H,28,30)/t16-/m1/s1. The van der Waals surface area contributed by atoms with Crippen LogP contribution in [0.4, 0.5) is 8.78 Å². The number of fused-ring (bicyclic) bond motifs is 1. The molecule has 2 N–H and O–H groups in total. The Morgan fingerprint density at radius 2 is 1.88 bits per heavy atom. The van der Waals surface area contributed by atoms with Crippen LogP contribution in [0.15, 0.2) is 53.6 Å². The predicted molar refractivity (Wildman–Crippen MR) is 123 cm³/mol. The molecule has 0 unspecified atom stereocenters. The van der Waals surface area contributed by atoms with Gasteiger partial charge in [-0.25, -0.2) is 8.78 Å². The number of nitrogens with one attached hydrogen (secondary N) is 2. The second kappa shape index (κ2) is 10.8. The first-order valence-corrected chi connectivity index (χ1v) is 11.8. The molecule has 33 heavy (non-hydrogen) atoms. The highest BCUT2D eigenvalue weighted by Crippen LogP contribution is 2.30. The number of aromatic nitrogens is 1. The molecule has 0 radical (unpaired) electrons. The van der Waals surface area contributed by atoms with Crippen molar-refractivity contribution in [2.75, 3.05) is 25.4 Å². The van der Waals surface area contributed by atoms with E-state index in [-0.39, 0.29) is 24.3 Å². The summed E-state index contributed by atoms with van der Waals surface area (Å²) >= 11 is 1.44. The number of rotatable bonds is 9. The number of thioether (sulfide) groups is 1. The van der Waals surface area contributed by atoms with E-state index in [0.29, 0.717) is 13.1 Å². The summed E-state index contributed by atoms with van der Waals surface area (Å²) in [6.45, 7) is 1.89. The van der Waals surface area contributed by atoms with E-state index in [1.54, 1.807) is 0 Å². The minimum absolute atomic E-state index is 0.0495. The zero-order chi connectivity index (χ0) is 23.2. The Balaban J connectivity index is 1.35.